The number of anilines is 1. The van der Waals surface area contributed by atoms with Gasteiger partial charge in [0.1, 0.15) is 6.04 Å². The van der Waals surface area contributed by atoms with E-state index in [1.807, 2.05) is 60.7 Å². The predicted molar refractivity (Wildman–Crippen MR) is 130 cm³/mol. The van der Waals surface area contributed by atoms with Crippen molar-refractivity contribution in [1.82, 2.24) is 4.31 Å². The maximum atomic E-state index is 13.8. The van der Waals surface area contributed by atoms with Gasteiger partial charge in [0.25, 0.3) is 0 Å². The van der Waals surface area contributed by atoms with E-state index >= 15 is 0 Å². The van der Waals surface area contributed by atoms with Gasteiger partial charge >= 0.3 is 0 Å². The number of sulfonamides is 1. The molecule has 0 spiro atoms. The van der Waals surface area contributed by atoms with Crippen LogP contribution in [0.15, 0.2) is 88.2 Å². The van der Waals surface area contributed by atoms with Crippen LogP contribution in [0, 0.1) is 11.3 Å². The number of halogens is 1. The second-order valence-electron chi connectivity index (χ2n) is 7.80. The first-order chi connectivity index (χ1) is 15.9. The van der Waals surface area contributed by atoms with Crippen molar-refractivity contribution in [2.75, 3.05) is 11.4 Å². The SMILES string of the molecule is N#Cc1cccc(S(=O)(=O)N(Cc2ccccc2)C2CCCN(c3ccc(Br)cc3)C2=O)c1. The van der Waals surface area contributed by atoms with Crippen LogP contribution in [-0.4, -0.2) is 31.2 Å². The molecule has 0 radical (unpaired) electrons. The Morgan fingerprint density at radius 2 is 1.76 bits per heavy atom. The maximum Gasteiger partial charge on any atom is 0.245 e. The molecule has 6 nitrogen and oxygen atoms in total. The molecular weight excluding hydrogens is 502 g/mol. The van der Waals surface area contributed by atoms with E-state index in [-0.39, 0.29) is 22.9 Å². The number of amides is 1. The van der Waals surface area contributed by atoms with Crippen LogP contribution in [0.3, 0.4) is 0 Å². The Hall–Kier alpha value is -2.99. The summed E-state index contributed by atoms with van der Waals surface area (Å²) >= 11 is 3.41. The lowest BCUT2D eigenvalue weighted by Crippen LogP contribution is -2.54. The van der Waals surface area contributed by atoms with Crippen molar-refractivity contribution in [2.45, 2.75) is 30.3 Å². The third kappa shape index (κ3) is 5.01. The molecule has 0 aliphatic carbocycles. The minimum Gasteiger partial charge on any atom is -0.311 e. The Morgan fingerprint density at radius 3 is 2.45 bits per heavy atom. The Balaban J connectivity index is 1.74. The summed E-state index contributed by atoms with van der Waals surface area (Å²) in [6.07, 6.45) is 1.10. The smallest absolute Gasteiger partial charge is 0.245 e. The largest absolute Gasteiger partial charge is 0.311 e. The maximum absolute atomic E-state index is 13.8. The molecule has 1 aliphatic heterocycles. The molecule has 3 aromatic carbocycles. The van der Waals surface area contributed by atoms with Crippen LogP contribution in [0.4, 0.5) is 5.69 Å². The number of hydrogen-bond donors (Lipinski definition) is 0. The van der Waals surface area contributed by atoms with Crippen LogP contribution in [0.5, 0.6) is 0 Å². The minimum atomic E-state index is -4.05. The normalized spacial score (nSPS) is 16.6. The second-order valence-corrected chi connectivity index (χ2v) is 10.6. The van der Waals surface area contributed by atoms with Crippen LogP contribution >= 0.6 is 15.9 Å². The fourth-order valence-electron chi connectivity index (χ4n) is 3.99. The summed E-state index contributed by atoms with van der Waals surface area (Å²) in [5.74, 6) is -0.250. The minimum absolute atomic E-state index is 0.00560. The summed E-state index contributed by atoms with van der Waals surface area (Å²) in [6.45, 7) is 0.588. The highest BCUT2D eigenvalue weighted by Crippen LogP contribution is 2.30. The Bertz CT molecular complexity index is 1290. The molecule has 33 heavy (non-hydrogen) atoms. The molecule has 168 valence electrons. The first-order valence-electron chi connectivity index (χ1n) is 10.5. The van der Waals surface area contributed by atoms with Gasteiger partial charge in [0.2, 0.25) is 15.9 Å². The molecule has 4 rings (SSSR count). The molecule has 0 N–H and O–H groups in total. The van der Waals surface area contributed by atoms with E-state index in [4.69, 9.17) is 0 Å². The Labute approximate surface area is 202 Å². The number of carbonyl (C=O) groups is 1. The molecule has 0 saturated carbocycles. The van der Waals surface area contributed by atoms with Crippen molar-refractivity contribution in [3.8, 4) is 6.07 Å². The van der Waals surface area contributed by atoms with Crippen LogP contribution < -0.4 is 4.90 Å². The van der Waals surface area contributed by atoms with Gasteiger partial charge in [-0.1, -0.05) is 52.3 Å². The molecule has 1 unspecified atom stereocenters. The first kappa shape index (κ1) is 23.2. The highest BCUT2D eigenvalue weighted by atomic mass is 79.9. The zero-order valence-electron chi connectivity index (χ0n) is 17.8. The van der Waals surface area contributed by atoms with Gasteiger partial charge in [-0.15, -0.1) is 0 Å². The molecule has 1 aliphatic rings. The molecular formula is C25H22BrN3O3S. The molecule has 1 fully saturated rings. The van der Waals surface area contributed by atoms with Gasteiger partial charge in [-0.25, -0.2) is 8.42 Å². The van der Waals surface area contributed by atoms with E-state index in [1.54, 1.807) is 17.0 Å². The number of piperidine rings is 1. The summed E-state index contributed by atoms with van der Waals surface area (Å²) in [5, 5.41) is 9.25. The van der Waals surface area contributed by atoms with Gasteiger partial charge in [0, 0.05) is 23.2 Å². The molecule has 0 aromatic heterocycles. The van der Waals surface area contributed by atoms with Gasteiger partial charge < -0.3 is 4.90 Å². The third-order valence-electron chi connectivity index (χ3n) is 5.65. The standard InChI is InChI=1S/C25H22BrN3O3S/c26-21-11-13-22(14-12-21)28-15-5-10-24(25(28)30)29(18-19-6-2-1-3-7-19)33(31,32)23-9-4-8-20(16-23)17-27/h1-4,6-9,11-14,16,24H,5,10,15,18H2. The van der Waals surface area contributed by atoms with Gasteiger partial charge in [0.15, 0.2) is 0 Å². The van der Waals surface area contributed by atoms with E-state index < -0.39 is 16.1 Å². The fraction of sp³-hybridized carbons (Fsp3) is 0.200. The van der Waals surface area contributed by atoms with Gasteiger partial charge in [-0.05, 0) is 60.9 Å². The molecule has 1 saturated heterocycles. The van der Waals surface area contributed by atoms with E-state index in [9.17, 15) is 18.5 Å². The second kappa shape index (κ2) is 9.87. The van der Waals surface area contributed by atoms with E-state index in [0.29, 0.717) is 19.4 Å². The van der Waals surface area contributed by atoms with E-state index in [0.717, 1.165) is 15.7 Å². The van der Waals surface area contributed by atoms with Gasteiger partial charge in [-0.2, -0.15) is 9.57 Å². The lowest BCUT2D eigenvalue weighted by molar-refractivity contribution is -0.123. The Kier molecular flexibility index (Phi) is 6.94. The summed E-state index contributed by atoms with van der Waals surface area (Å²) in [7, 11) is -4.05. The zero-order chi connectivity index (χ0) is 23.4. The first-order valence-corrected chi connectivity index (χ1v) is 12.8. The van der Waals surface area contributed by atoms with Crippen LogP contribution in [0.1, 0.15) is 24.0 Å². The lowest BCUT2D eigenvalue weighted by atomic mass is 10.0. The molecule has 1 heterocycles. The number of benzene rings is 3. The highest BCUT2D eigenvalue weighted by molar-refractivity contribution is 9.10. The van der Waals surface area contributed by atoms with Crippen LogP contribution in [0.2, 0.25) is 0 Å². The highest BCUT2D eigenvalue weighted by Gasteiger charge is 2.40. The zero-order valence-corrected chi connectivity index (χ0v) is 20.2. The van der Waals surface area contributed by atoms with Crippen LogP contribution in [0.25, 0.3) is 0 Å². The quantitative estimate of drug-likeness (QED) is 0.468. The summed E-state index contributed by atoms with van der Waals surface area (Å²) in [5.41, 5.74) is 1.77. The summed E-state index contributed by atoms with van der Waals surface area (Å²) in [4.78, 5) is 15.3. The van der Waals surface area contributed by atoms with Gasteiger partial charge in [-0.3, -0.25) is 4.79 Å². The monoisotopic (exact) mass is 523 g/mol. The number of hydrogen-bond acceptors (Lipinski definition) is 4. The van der Waals surface area contributed by atoms with Crippen molar-refractivity contribution in [1.29, 1.82) is 5.26 Å². The number of nitrogens with zero attached hydrogens (tertiary/aromatic N) is 3. The molecule has 8 heteroatoms. The van der Waals surface area contributed by atoms with Crippen molar-refractivity contribution in [2.24, 2.45) is 0 Å². The number of nitriles is 1. The molecule has 0 bridgehead atoms. The number of rotatable bonds is 6. The lowest BCUT2D eigenvalue weighted by Gasteiger charge is -2.38. The van der Waals surface area contributed by atoms with Crippen molar-refractivity contribution >= 4 is 37.5 Å². The van der Waals surface area contributed by atoms with Gasteiger partial charge in [0.05, 0.1) is 16.5 Å². The molecule has 1 amide bonds. The predicted octanol–water partition coefficient (Wildman–Crippen LogP) is 4.71. The van der Waals surface area contributed by atoms with Crippen molar-refractivity contribution in [3.63, 3.8) is 0 Å². The van der Waals surface area contributed by atoms with Crippen molar-refractivity contribution < 1.29 is 13.2 Å². The third-order valence-corrected chi connectivity index (χ3v) is 8.03. The summed E-state index contributed by atoms with van der Waals surface area (Å²) in [6, 6.07) is 23.7. The van der Waals surface area contributed by atoms with E-state index in [1.165, 1.54) is 16.4 Å². The average Bonchev–Trinajstić information content (AvgIpc) is 2.84. The topological polar surface area (TPSA) is 81.5 Å². The molecule has 1 atom stereocenters. The summed E-state index contributed by atoms with van der Waals surface area (Å²) < 4.78 is 29.7. The average molecular weight is 524 g/mol. The van der Waals surface area contributed by atoms with Crippen LogP contribution in [-0.2, 0) is 21.4 Å². The van der Waals surface area contributed by atoms with Crippen molar-refractivity contribution in [3.05, 3.63) is 94.5 Å². The van der Waals surface area contributed by atoms with E-state index in [2.05, 4.69) is 15.9 Å². The fourth-order valence-corrected chi connectivity index (χ4v) is 5.90. The molecule has 3 aromatic rings. The number of carbonyl (C=O) groups excluding carboxylic acids is 1. The Morgan fingerprint density at radius 1 is 1.03 bits per heavy atom.